The van der Waals surface area contributed by atoms with Crippen LogP contribution in [0.5, 0.6) is 0 Å². The number of pyridine rings is 1. The molecule has 0 spiro atoms. The van der Waals surface area contributed by atoms with Crippen molar-refractivity contribution in [1.82, 2.24) is 4.98 Å². The highest BCUT2D eigenvalue weighted by atomic mass is 127. The molecule has 0 amide bonds. The third-order valence-electron chi connectivity index (χ3n) is 2.40. The molecule has 1 heterocycles. The van der Waals surface area contributed by atoms with Gasteiger partial charge >= 0.3 is 0 Å². The van der Waals surface area contributed by atoms with E-state index in [0.717, 1.165) is 14.5 Å². The second kappa shape index (κ2) is 4.08. The van der Waals surface area contributed by atoms with Crippen LogP contribution in [0, 0.1) is 16.3 Å². The lowest BCUT2D eigenvalue weighted by molar-refractivity contribution is 0.101. The van der Waals surface area contributed by atoms with E-state index < -0.39 is 0 Å². The monoisotopic (exact) mass is 329 g/mol. The van der Waals surface area contributed by atoms with Crippen molar-refractivity contribution >= 4 is 39.3 Å². The average Bonchev–Trinajstić information content (AvgIpc) is 2.19. The van der Waals surface area contributed by atoms with Crippen LogP contribution in [-0.2, 0) is 0 Å². The van der Waals surface area contributed by atoms with Gasteiger partial charge in [-0.3, -0.25) is 4.79 Å². The number of benzene rings is 1. The van der Waals surface area contributed by atoms with E-state index in [4.69, 9.17) is 0 Å². The fourth-order valence-corrected chi connectivity index (χ4v) is 2.18. The third-order valence-corrected chi connectivity index (χ3v) is 3.02. The molecule has 16 heavy (non-hydrogen) atoms. The fraction of sp³-hybridized carbons (Fsp3) is 0.167. The summed E-state index contributed by atoms with van der Waals surface area (Å²) in [7, 11) is 0. The molecule has 2 aromatic rings. The van der Waals surface area contributed by atoms with Crippen molar-refractivity contribution < 1.29 is 9.18 Å². The molecule has 2 rings (SSSR count). The molecule has 0 N–H and O–H groups in total. The fourth-order valence-electron chi connectivity index (χ4n) is 1.60. The lowest BCUT2D eigenvalue weighted by atomic mass is 10.1. The molecule has 0 saturated heterocycles. The molecule has 0 radical (unpaired) electrons. The van der Waals surface area contributed by atoms with Crippen molar-refractivity contribution in [3.05, 3.63) is 38.8 Å². The van der Waals surface area contributed by atoms with E-state index in [1.165, 1.54) is 13.0 Å². The van der Waals surface area contributed by atoms with Gasteiger partial charge in [-0.25, -0.2) is 9.37 Å². The molecule has 0 aliphatic rings. The zero-order chi connectivity index (χ0) is 11.9. The number of nitrogens with zero attached hydrogens (tertiary/aromatic N) is 1. The summed E-state index contributed by atoms with van der Waals surface area (Å²) >= 11 is 2.06. The molecule has 0 fully saturated rings. The van der Waals surface area contributed by atoms with Gasteiger partial charge in [0.15, 0.2) is 11.6 Å². The zero-order valence-electron chi connectivity index (χ0n) is 8.84. The van der Waals surface area contributed by atoms with Gasteiger partial charge in [0.2, 0.25) is 0 Å². The molecule has 82 valence electrons. The van der Waals surface area contributed by atoms with Crippen molar-refractivity contribution in [2.45, 2.75) is 13.8 Å². The summed E-state index contributed by atoms with van der Waals surface area (Å²) in [5, 5.41) is 0.759. The Kier molecular flexibility index (Phi) is 2.92. The smallest absolute Gasteiger partial charge is 0.178 e. The number of aryl methyl sites for hydroxylation is 1. The maximum absolute atomic E-state index is 13.7. The van der Waals surface area contributed by atoms with Crippen LogP contribution in [0.2, 0.25) is 0 Å². The molecule has 0 bridgehead atoms. The normalized spacial score (nSPS) is 10.8. The summed E-state index contributed by atoms with van der Waals surface area (Å²) in [6.45, 7) is 3.28. The van der Waals surface area contributed by atoms with Crippen molar-refractivity contribution in [2.24, 2.45) is 0 Å². The van der Waals surface area contributed by atoms with E-state index >= 15 is 0 Å². The molecule has 0 atom stereocenters. The molecule has 0 unspecified atom stereocenters. The van der Waals surface area contributed by atoms with E-state index in [1.54, 1.807) is 6.07 Å². The first-order chi connectivity index (χ1) is 7.49. The Balaban J connectivity index is 2.87. The largest absolute Gasteiger partial charge is 0.293 e. The first-order valence-corrected chi connectivity index (χ1v) is 5.84. The number of aromatic nitrogens is 1. The lowest BCUT2D eigenvalue weighted by Crippen LogP contribution is -2.00. The van der Waals surface area contributed by atoms with Crippen LogP contribution in [0.15, 0.2) is 18.2 Å². The van der Waals surface area contributed by atoms with Crippen molar-refractivity contribution in [3.8, 4) is 0 Å². The third kappa shape index (κ3) is 1.93. The van der Waals surface area contributed by atoms with Gasteiger partial charge in [0.25, 0.3) is 0 Å². The highest BCUT2D eigenvalue weighted by molar-refractivity contribution is 14.1. The minimum absolute atomic E-state index is 0.150. The topological polar surface area (TPSA) is 30.0 Å². The first kappa shape index (κ1) is 11.4. The van der Waals surface area contributed by atoms with Gasteiger partial charge < -0.3 is 0 Å². The number of hydrogen-bond acceptors (Lipinski definition) is 2. The second-order valence-corrected chi connectivity index (χ2v) is 4.91. The van der Waals surface area contributed by atoms with Crippen LogP contribution in [0.3, 0.4) is 0 Å². The number of Topliss-reactive ketones (excluding diaryl/α,β-unsaturated/α-hetero) is 1. The summed E-state index contributed by atoms with van der Waals surface area (Å²) in [6.07, 6.45) is 0. The van der Waals surface area contributed by atoms with Crippen LogP contribution in [-0.4, -0.2) is 10.8 Å². The Bertz CT molecular complexity index is 595. The molecule has 1 aromatic carbocycles. The zero-order valence-corrected chi connectivity index (χ0v) is 11.0. The summed E-state index contributed by atoms with van der Waals surface area (Å²) < 4.78 is 14.5. The Morgan fingerprint density at radius 1 is 1.38 bits per heavy atom. The molecular formula is C12H9FINO. The minimum Gasteiger partial charge on any atom is -0.293 e. The number of halogens is 2. The van der Waals surface area contributed by atoms with Gasteiger partial charge in [-0.05, 0) is 53.3 Å². The molecule has 2 nitrogen and oxygen atoms in total. The molecule has 0 saturated carbocycles. The predicted octanol–water partition coefficient (Wildman–Crippen LogP) is 3.49. The Hall–Kier alpha value is -1.04. The van der Waals surface area contributed by atoms with Crippen molar-refractivity contribution in [2.75, 3.05) is 0 Å². The van der Waals surface area contributed by atoms with Crippen LogP contribution in [0.25, 0.3) is 10.9 Å². The number of fused-ring (bicyclic) bond motifs is 1. The van der Waals surface area contributed by atoms with Gasteiger partial charge in [0, 0.05) is 15.9 Å². The Morgan fingerprint density at radius 3 is 2.69 bits per heavy atom. The first-order valence-electron chi connectivity index (χ1n) is 4.76. The van der Waals surface area contributed by atoms with Gasteiger partial charge in [-0.15, -0.1) is 0 Å². The molecule has 0 aliphatic heterocycles. The second-order valence-electron chi connectivity index (χ2n) is 3.66. The van der Waals surface area contributed by atoms with Crippen molar-refractivity contribution in [3.63, 3.8) is 0 Å². The van der Waals surface area contributed by atoms with Gasteiger partial charge in [0.05, 0.1) is 0 Å². The quantitative estimate of drug-likeness (QED) is 0.592. The maximum atomic E-state index is 13.7. The van der Waals surface area contributed by atoms with E-state index in [9.17, 15) is 9.18 Å². The maximum Gasteiger partial charge on any atom is 0.178 e. The van der Waals surface area contributed by atoms with E-state index in [2.05, 4.69) is 27.6 Å². The number of carbonyl (C=O) groups is 1. The number of hydrogen-bond donors (Lipinski definition) is 0. The Morgan fingerprint density at radius 2 is 2.06 bits per heavy atom. The summed E-state index contributed by atoms with van der Waals surface area (Å²) in [6, 6.07) is 4.98. The highest BCUT2D eigenvalue weighted by Gasteiger charge is 2.10. The van der Waals surface area contributed by atoms with Crippen LogP contribution in [0.1, 0.15) is 23.0 Å². The van der Waals surface area contributed by atoms with Crippen LogP contribution in [0.4, 0.5) is 4.39 Å². The molecular weight excluding hydrogens is 320 g/mol. The number of carbonyl (C=O) groups excluding carboxylic acids is 1. The molecule has 1 aromatic heterocycles. The molecule has 4 heteroatoms. The summed E-state index contributed by atoms with van der Waals surface area (Å²) in [5.74, 6) is -0.531. The standard InChI is InChI=1S/C12H9FINO/c1-6-3-11(7(2)16)15-12-9(6)4-8(14)5-10(12)13/h3-5H,1-2H3. The average molecular weight is 329 g/mol. The van der Waals surface area contributed by atoms with E-state index in [0.29, 0.717) is 5.69 Å². The number of rotatable bonds is 1. The van der Waals surface area contributed by atoms with Crippen molar-refractivity contribution in [1.29, 1.82) is 0 Å². The Labute approximate surface area is 106 Å². The lowest BCUT2D eigenvalue weighted by Gasteiger charge is -2.06. The minimum atomic E-state index is -0.381. The highest BCUT2D eigenvalue weighted by Crippen LogP contribution is 2.23. The van der Waals surface area contributed by atoms with Crippen LogP contribution >= 0.6 is 22.6 Å². The van der Waals surface area contributed by atoms with Gasteiger partial charge in [-0.1, -0.05) is 0 Å². The van der Waals surface area contributed by atoms with Gasteiger partial charge in [0.1, 0.15) is 11.2 Å². The SMILES string of the molecule is CC(=O)c1cc(C)c2cc(I)cc(F)c2n1. The van der Waals surface area contributed by atoms with E-state index in [1.807, 2.05) is 13.0 Å². The summed E-state index contributed by atoms with van der Waals surface area (Å²) in [4.78, 5) is 15.3. The molecule has 0 aliphatic carbocycles. The van der Waals surface area contributed by atoms with E-state index in [-0.39, 0.29) is 17.1 Å². The van der Waals surface area contributed by atoms with Crippen LogP contribution < -0.4 is 0 Å². The summed E-state index contributed by atoms with van der Waals surface area (Å²) in [5.41, 5.74) is 1.45. The van der Waals surface area contributed by atoms with Gasteiger partial charge in [-0.2, -0.15) is 0 Å². The number of ketones is 1. The predicted molar refractivity (Wildman–Crippen MR) is 69.2 cm³/mol.